The molecule has 0 saturated heterocycles. The van der Waals surface area contributed by atoms with Crippen LogP contribution in [0.5, 0.6) is 0 Å². The number of hydrogen-bond donors (Lipinski definition) is 1. The molecule has 3 heteroatoms. The van der Waals surface area contributed by atoms with Crippen molar-refractivity contribution in [3.63, 3.8) is 0 Å². The zero-order valence-corrected chi connectivity index (χ0v) is 13.3. The Labute approximate surface area is 110 Å². The molecule has 0 aromatic rings. The van der Waals surface area contributed by atoms with Crippen LogP contribution in [0.2, 0.25) is 0 Å². The second kappa shape index (κ2) is 9.09. The van der Waals surface area contributed by atoms with Crippen molar-refractivity contribution in [1.29, 1.82) is 0 Å². The maximum absolute atomic E-state index is 11.1. The van der Waals surface area contributed by atoms with Gasteiger partial charge in [-0.05, 0) is 38.0 Å². The maximum Gasteiger partial charge on any atom is 0.0246 e. The lowest BCUT2D eigenvalue weighted by molar-refractivity contribution is 0.330. The molecule has 0 aliphatic carbocycles. The van der Waals surface area contributed by atoms with Gasteiger partial charge in [0.1, 0.15) is 0 Å². The smallest absolute Gasteiger partial charge is 0.0246 e. The first-order valence-electron chi connectivity index (χ1n) is 6.87. The Balaban J connectivity index is 4.07. The molecule has 2 unspecified atom stereocenters. The van der Waals surface area contributed by atoms with E-state index in [1.165, 1.54) is 12.8 Å². The van der Waals surface area contributed by atoms with Crippen LogP contribution in [0.3, 0.4) is 0 Å². The van der Waals surface area contributed by atoms with Gasteiger partial charge in [-0.25, -0.2) is 0 Å². The molecule has 0 radical (unpaired) electrons. The van der Waals surface area contributed by atoms with E-state index in [4.69, 9.17) is 0 Å². The van der Waals surface area contributed by atoms with Gasteiger partial charge in [-0.1, -0.05) is 27.7 Å². The summed E-state index contributed by atoms with van der Waals surface area (Å²) in [7, 11) is -0.662. The normalized spacial score (nSPS) is 15.8. The van der Waals surface area contributed by atoms with Gasteiger partial charge < -0.3 is 5.32 Å². The van der Waals surface area contributed by atoms with Gasteiger partial charge in [0, 0.05) is 34.9 Å². The van der Waals surface area contributed by atoms with E-state index in [-0.39, 0.29) is 0 Å². The zero-order chi connectivity index (χ0) is 13.4. The Kier molecular flexibility index (Phi) is 9.15. The van der Waals surface area contributed by atoms with Crippen molar-refractivity contribution in [2.75, 3.05) is 12.0 Å². The molecule has 17 heavy (non-hydrogen) atoms. The lowest BCUT2D eigenvalue weighted by Gasteiger charge is -2.26. The summed E-state index contributed by atoms with van der Waals surface area (Å²) in [6, 6.07) is 1.08. The van der Waals surface area contributed by atoms with Crippen LogP contribution >= 0.6 is 0 Å². The SMILES string of the molecule is CC(C)CC(CC(C)C)NC(C)CCS(C)=O. The van der Waals surface area contributed by atoms with Crippen molar-refractivity contribution in [1.82, 2.24) is 5.32 Å². The highest BCUT2D eigenvalue weighted by atomic mass is 32.2. The summed E-state index contributed by atoms with van der Waals surface area (Å²) in [6.07, 6.45) is 5.26. The van der Waals surface area contributed by atoms with Gasteiger partial charge in [-0.3, -0.25) is 4.21 Å². The minimum Gasteiger partial charge on any atom is -0.311 e. The third-order valence-electron chi connectivity index (χ3n) is 2.87. The van der Waals surface area contributed by atoms with Gasteiger partial charge in [0.25, 0.3) is 0 Å². The van der Waals surface area contributed by atoms with Crippen molar-refractivity contribution in [3.8, 4) is 0 Å². The summed E-state index contributed by atoms with van der Waals surface area (Å²) in [4.78, 5) is 0. The predicted octanol–water partition coefficient (Wildman–Crippen LogP) is 3.19. The van der Waals surface area contributed by atoms with E-state index in [0.29, 0.717) is 12.1 Å². The van der Waals surface area contributed by atoms with Crippen molar-refractivity contribution >= 4 is 10.8 Å². The van der Waals surface area contributed by atoms with Gasteiger partial charge >= 0.3 is 0 Å². The molecule has 0 bridgehead atoms. The molecule has 0 aromatic heterocycles. The molecule has 0 fully saturated rings. The van der Waals surface area contributed by atoms with E-state index >= 15 is 0 Å². The van der Waals surface area contributed by atoms with Crippen molar-refractivity contribution in [2.45, 2.75) is 66.0 Å². The van der Waals surface area contributed by atoms with Gasteiger partial charge in [-0.2, -0.15) is 0 Å². The maximum atomic E-state index is 11.1. The molecule has 0 aliphatic rings. The third-order valence-corrected chi connectivity index (χ3v) is 3.68. The molecule has 0 aliphatic heterocycles. The highest BCUT2D eigenvalue weighted by Gasteiger charge is 2.15. The van der Waals surface area contributed by atoms with Crippen molar-refractivity contribution in [2.24, 2.45) is 11.8 Å². The van der Waals surface area contributed by atoms with E-state index < -0.39 is 10.8 Å². The van der Waals surface area contributed by atoms with Crippen LogP contribution in [0, 0.1) is 11.8 Å². The summed E-state index contributed by atoms with van der Waals surface area (Å²) < 4.78 is 11.1. The van der Waals surface area contributed by atoms with E-state index in [1.54, 1.807) is 6.26 Å². The quantitative estimate of drug-likeness (QED) is 0.690. The van der Waals surface area contributed by atoms with E-state index in [0.717, 1.165) is 24.0 Å². The molecule has 104 valence electrons. The van der Waals surface area contributed by atoms with Gasteiger partial charge in [0.05, 0.1) is 0 Å². The fourth-order valence-corrected chi connectivity index (χ4v) is 2.88. The molecule has 0 aromatic carbocycles. The monoisotopic (exact) mass is 261 g/mol. The Bertz CT molecular complexity index is 206. The number of rotatable bonds is 9. The van der Waals surface area contributed by atoms with Crippen LogP contribution in [0.15, 0.2) is 0 Å². The van der Waals surface area contributed by atoms with Crippen LogP contribution in [0.1, 0.15) is 53.9 Å². The van der Waals surface area contributed by atoms with Gasteiger partial charge in [0.15, 0.2) is 0 Å². The van der Waals surface area contributed by atoms with Crippen molar-refractivity contribution < 1.29 is 4.21 Å². The Hall–Kier alpha value is 0.110. The molecule has 0 heterocycles. The molecule has 2 atom stereocenters. The largest absolute Gasteiger partial charge is 0.311 e. The van der Waals surface area contributed by atoms with Gasteiger partial charge in [0.2, 0.25) is 0 Å². The highest BCUT2D eigenvalue weighted by Crippen LogP contribution is 2.14. The Morgan fingerprint density at radius 3 is 1.82 bits per heavy atom. The Morgan fingerprint density at radius 1 is 1.00 bits per heavy atom. The first kappa shape index (κ1) is 17.1. The van der Waals surface area contributed by atoms with Crippen molar-refractivity contribution in [3.05, 3.63) is 0 Å². The second-order valence-electron chi connectivity index (χ2n) is 6.09. The summed E-state index contributed by atoms with van der Waals surface area (Å²) in [6.45, 7) is 11.3. The van der Waals surface area contributed by atoms with Crippen LogP contribution in [0.25, 0.3) is 0 Å². The molecule has 0 spiro atoms. The Morgan fingerprint density at radius 2 is 1.47 bits per heavy atom. The first-order chi connectivity index (χ1) is 7.81. The minimum absolute atomic E-state index is 0.474. The third kappa shape index (κ3) is 11.0. The zero-order valence-electron chi connectivity index (χ0n) is 12.5. The van der Waals surface area contributed by atoms with Crippen LogP contribution in [0.4, 0.5) is 0 Å². The lowest BCUT2D eigenvalue weighted by Crippen LogP contribution is -2.39. The fraction of sp³-hybridized carbons (Fsp3) is 1.00. The molecular formula is C14H31NOS. The van der Waals surface area contributed by atoms with E-state index in [2.05, 4.69) is 39.9 Å². The molecule has 1 N–H and O–H groups in total. The van der Waals surface area contributed by atoms with Crippen LogP contribution in [-0.4, -0.2) is 28.3 Å². The molecule has 0 amide bonds. The second-order valence-corrected chi connectivity index (χ2v) is 7.64. The minimum atomic E-state index is -0.662. The molecule has 0 rings (SSSR count). The summed E-state index contributed by atoms with van der Waals surface area (Å²) in [5.74, 6) is 2.28. The van der Waals surface area contributed by atoms with E-state index in [9.17, 15) is 4.21 Å². The molecular weight excluding hydrogens is 230 g/mol. The van der Waals surface area contributed by atoms with Crippen LogP contribution in [-0.2, 0) is 10.8 Å². The van der Waals surface area contributed by atoms with Gasteiger partial charge in [-0.15, -0.1) is 0 Å². The summed E-state index contributed by atoms with van der Waals surface area (Å²) in [5.41, 5.74) is 0. The predicted molar refractivity (Wildman–Crippen MR) is 78.8 cm³/mol. The fourth-order valence-electron chi connectivity index (χ4n) is 2.20. The van der Waals surface area contributed by atoms with E-state index in [1.807, 2.05) is 0 Å². The number of nitrogens with one attached hydrogen (secondary N) is 1. The average molecular weight is 261 g/mol. The molecule has 2 nitrogen and oxygen atoms in total. The first-order valence-corrected chi connectivity index (χ1v) is 8.60. The summed E-state index contributed by atoms with van der Waals surface area (Å²) >= 11 is 0. The molecule has 0 saturated carbocycles. The summed E-state index contributed by atoms with van der Waals surface area (Å²) in [5, 5.41) is 3.70. The highest BCUT2D eigenvalue weighted by molar-refractivity contribution is 7.84. The topological polar surface area (TPSA) is 29.1 Å². The van der Waals surface area contributed by atoms with Crippen LogP contribution < -0.4 is 5.32 Å². The standard InChI is InChI=1S/C14H31NOS/c1-11(2)9-14(10-12(3)4)15-13(5)7-8-17(6)16/h11-15H,7-10H2,1-6H3. The average Bonchev–Trinajstić information content (AvgIpc) is 2.12. The number of hydrogen-bond acceptors (Lipinski definition) is 2. The lowest BCUT2D eigenvalue weighted by atomic mass is 9.95.